The Morgan fingerprint density at radius 2 is 1.48 bits per heavy atom. The van der Waals surface area contributed by atoms with Gasteiger partial charge >= 0.3 is 12.1 Å². The van der Waals surface area contributed by atoms with Crippen LogP contribution in [0.25, 0.3) is 0 Å². The molecule has 2 atom stereocenters. The molecule has 0 aliphatic rings. The van der Waals surface area contributed by atoms with Gasteiger partial charge in [0.2, 0.25) is 5.91 Å². The zero-order chi connectivity index (χ0) is 17.0. The lowest BCUT2D eigenvalue weighted by Gasteiger charge is -2.31. The van der Waals surface area contributed by atoms with Crippen molar-refractivity contribution in [1.29, 1.82) is 0 Å². The highest BCUT2D eigenvalue weighted by molar-refractivity contribution is 5.89. The number of carboxylic acid groups (broad SMARTS) is 1. The number of nitrogens with one attached hydrogen (secondary N) is 2. The minimum atomic E-state index is -1.15. The van der Waals surface area contributed by atoms with E-state index in [4.69, 9.17) is 9.84 Å². The van der Waals surface area contributed by atoms with Crippen LogP contribution in [0.15, 0.2) is 0 Å². The Morgan fingerprint density at radius 1 is 1.00 bits per heavy atom. The summed E-state index contributed by atoms with van der Waals surface area (Å²) >= 11 is 0. The molecule has 0 aromatic rings. The number of ether oxygens (including phenoxy) is 1. The average Bonchev–Trinajstić information content (AvgIpc) is 2.21. The van der Waals surface area contributed by atoms with Crippen LogP contribution in [0.1, 0.15) is 48.5 Å². The summed E-state index contributed by atoms with van der Waals surface area (Å²) < 4.78 is 5.12. The van der Waals surface area contributed by atoms with Gasteiger partial charge in [-0.1, -0.05) is 20.8 Å². The molecule has 0 fully saturated rings. The predicted molar refractivity (Wildman–Crippen MR) is 77.9 cm³/mol. The standard InChI is InChI=1S/C14H26N2O5/c1-8(11(18)19)15-10(17)9(13(2,3)4)16-12(20)21-14(5,6)7/h8-9H,1-7H3,(H,15,17)(H,16,20)(H,18,19). The number of rotatable bonds is 4. The van der Waals surface area contributed by atoms with Crippen molar-refractivity contribution in [2.45, 2.75) is 66.2 Å². The lowest BCUT2D eigenvalue weighted by molar-refractivity contribution is -0.142. The molecule has 0 heterocycles. The molecule has 0 bridgehead atoms. The summed E-state index contributed by atoms with van der Waals surface area (Å²) in [5.41, 5.74) is -1.28. The van der Waals surface area contributed by atoms with Crippen LogP contribution in [0, 0.1) is 5.41 Å². The molecule has 0 aliphatic carbocycles. The van der Waals surface area contributed by atoms with E-state index in [0.29, 0.717) is 0 Å². The maximum Gasteiger partial charge on any atom is 0.408 e. The summed E-state index contributed by atoms with van der Waals surface area (Å²) in [5.74, 6) is -1.71. The van der Waals surface area contributed by atoms with Gasteiger partial charge in [0, 0.05) is 0 Å². The van der Waals surface area contributed by atoms with Gasteiger partial charge in [0.1, 0.15) is 17.7 Å². The van der Waals surface area contributed by atoms with Crippen molar-refractivity contribution in [3.63, 3.8) is 0 Å². The lowest BCUT2D eigenvalue weighted by atomic mass is 9.86. The van der Waals surface area contributed by atoms with Crippen LogP contribution in [0.3, 0.4) is 0 Å². The van der Waals surface area contributed by atoms with Gasteiger partial charge in [-0.3, -0.25) is 9.59 Å². The molecule has 0 aromatic carbocycles. The van der Waals surface area contributed by atoms with Gasteiger partial charge in [-0.05, 0) is 33.1 Å². The molecule has 7 nitrogen and oxygen atoms in total. The van der Waals surface area contributed by atoms with Crippen molar-refractivity contribution in [1.82, 2.24) is 10.6 Å². The van der Waals surface area contributed by atoms with Crippen molar-refractivity contribution >= 4 is 18.0 Å². The Balaban J connectivity index is 4.95. The van der Waals surface area contributed by atoms with Crippen LogP contribution >= 0.6 is 0 Å². The van der Waals surface area contributed by atoms with Gasteiger partial charge in [-0.2, -0.15) is 0 Å². The smallest absolute Gasteiger partial charge is 0.408 e. The van der Waals surface area contributed by atoms with E-state index in [1.165, 1.54) is 6.92 Å². The van der Waals surface area contributed by atoms with E-state index in [0.717, 1.165) is 0 Å². The Morgan fingerprint density at radius 3 is 1.81 bits per heavy atom. The highest BCUT2D eigenvalue weighted by atomic mass is 16.6. The molecule has 0 radical (unpaired) electrons. The third-order valence-corrected chi connectivity index (χ3v) is 2.52. The first-order valence-electron chi connectivity index (χ1n) is 6.76. The molecule has 0 aliphatic heterocycles. The SMILES string of the molecule is CC(NC(=O)C(NC(=O)OC(C)(C)C)C(C)(C)C)C(=O)O. The second-order valence-electron chi connectivity index (χ2n) is 7.01. The van der Waals surface area contributed by atoms with Crippen LogP contribution in [0.5, 0.6) is 0 Å². The fourth-order valence-corrected chi connectivity index (χ4v) is 1.46. The number of amides is 2. The molecule has 7 heteroatoms. The molecule has 0 saturated carbocycles. The third-order valence-electron chi connectivity index (χ3n) is 2.52. The summed E-state index contributed by atoms with van der Waals surface area (Å²) in [6.45, 7) is 11.8. The molecular formula is C14H26N2O5. The quantitative estimate of drug-likeness (QED) is 0.730. The topological polar surface area (TPSA) is 105 Å². The van der Waals surface area contributed by atoms with Crippen molar-refractivity contribution in [3.8, 4) is 0 Å². The molecule has 21 heavy (non-hydrogen) atoms. The van der Waals surface area contributed by atoms with E-state index in [-0.39, 0.29) is 0 Å². The number of alkyl carbamates (subject to hydrolysis) is 1. The maximum atomic E-state index is 12.2. The molecular weight excluding hydrogens is 276 g/mol. The largest absolute Gasteiger partial charge is 0.480 e. The van der Waals surface area contributed by atoms with Crippen molar-refractivity contribution in [2.24, 2.45) is 5.41 Å². The Bertz CT molecular complexity index is 407. The number of carboxylic acids is 1. The summed E-state index contributed by atoms with van der Waals surface area (Å²) in [4.78, 5) is 34.8. The number of hydrogen-bond acceptors (Lipinski definition) is 4. The summed E-state index contributed by atoms with van der Waals surface area (Å²) in [6, 6.07) is -1.95. The van der Waals surface area contributed by atoms with E-state index in [2.05, 4.69) is 10.6 Å². The minimum Gasteiger partial charge on any atom is -0.480 e. The maximum absolute atomic E-state index is 12.2. The first-order chi connectivity index (χ1) is 9.24. The van der Waals surface area contributed by atoms with E-state index in [1.807, 2.05) is 0 Å². The molecule has 122 valence electrons. The fourth-order valence-electron chi connectivity index (χ4n) is 1.46. The lowest BCUT2D eigenvalue weighted by Crippen LogP contribution is -2.56. The minimum absolute atomic E-state index is 0.566. The second-order valence-corrected chi connectivity index (χ2v) is 7.01. The second kappa shape index (κ2) is 6.78. The Hall–Kier alpha value is -1.79. The van der Waals surface area contributed by atoms with E-state index >= 15 is 0 Å². The number of aliphatic carboxylic acids is 1. The summed E-state index contributed by atoms with van der Waals surface area (Å²) in [6.07, 6.45) is -0.722. The van der Waals surface area contributed by atoms with Crippen LogP contribution in [0.2, 0.25) is 0 Å². The van der Waals surface area contributed by atoms with E-state index < -0.39 is 41.1 Å². The van der Waals surface area contributed by atoms with Gasteiger partial charge in [0.25, 0.3) is 0 Å². The average molecular weight is 302 g/mol. The molecule has 3 N–H and O–H groups in total. The first-order valence-corrected chi connectivity index (χ1v) is 6.76. The zero-order valence-corrected chi connectivity index (χ0v) is 13.7. The molecule has 2 unspecified atom stereocenters. The molecule has 0 rings (SSSR count). The number of hydrogen-bond donors (Lipinski definition) is 3. The predicted octanol–water partition coefficient (Wildman–Crippen LogP) is 1.52. The van der Waals surface area contributed by atoms with Gasteiger partial charge in [0.15, 0.2) is 0 Å². The van der Waals surface area contributed by atoms with Crippen LogP contribution in [-0.2, 0) is 14.3 Å². The van der Waals surface area contributed by atoms with Crippen LogP contribution < -0.4 is 10.6 Å². The highest BCUT2D eigenvalue weighted by Crippen LogP contribution is 2.20. The molecule has 2 amide bonds. The van der Waals surface area contributed by atoms with Gasteiger partial charge in [0.05, 0.1) is 0 Å². The summed E-state index contributed by atoms with van der Waals surface area (Å²) in [7, 11) is 0. The summed E-state index contributed by atoms with van der Waals surface area (Å²) in [5, 5.41) is 13.7. The van der Waals surface area contributed by atoms with Crippen LogP contribution in [-0.4, -0.2) is 40.8 Å². The van der Waals surface area contributed by atoms with Crippen LogP contribution in [0.4, 0.5) is 4.79 Å². The van der Waals surface area contributed by atoms with Gasteiger partial charge < -0.3 is 20.5 Å². The Labute approximate surface area is 125 Å². The monoisotopic (exact) mass is 302 g/mol. The van der Waals surface area contributed by atoms with Gasteiger partial charge in [-0.15, -0.1) is 0 Å². The molecule has 0 spiro atoms. The zero-order valence-electron chi connectivity index (χ0n) is 13.7. The van der Waals surface area contributed by atoms with Gasteiger partial charge in [-0.25, -0.2) is 4.79 Å². The third kappa shape index (κ3) is 7.53. The van der Waals surface area contributed by atoms with Crippen molar-refractivity contribution in [3.05, 3.63) is 0 Å². The Kier molecular flexibility index (Phi) is 6.20. The normalized spacial score (nSPS) is 14.8. The number of carbonyl (C=O) groups excluding carboxylic acids is 2. The highest BCUT2D eigenvalue weighted by Gasteiger charge is 2.35. The number of carbonyl (C=O) groups is 3. The first kappa shape index (κ1) is 19.2. The van der Waals surface area contributed by atoms with E-state index in [1.54, 1.807) is 41.5 Å². The molecule has 0 saturated heterocycles. The fraction of sp³-hybridized carbons (Fsp3) is 0.786. The van der Waals surface area contributed by atoms with Crippen molar-refractivity contribution in [2.75, 3.05) is 0 Å². The molecule has 0 aromatic heterocycles. The van der Waals surface area contributed by atoms with Crippen molar-refractivity contribution < 1.29 is 24.2 Å². The van der Waals surface area contributed by atoms with E-state index in [9.17, 15) is 14.4 Å².